The first-order chi connectivity index (χ1) is 12.5. The standard InChI is InChI=1S/C17H23ClN4O4/c1-19-7-8-22(2)15(23)6-5-14-20-17(21-26-14)11-9-12(18)16(25-4)13(10-11)24-3/h9-10,19H,5-8H2,1-4H3. The van der Waals surface area contributed by atoms with Crippen molar-refractivity contribution in [2.45, 2.75) is 12.8 Å². The molecule has 0 saturated heterocycles. The van der Waals surface area contributed by atoms with Crippen LogP contribution >= 0.6 is 11.6 Å². The zero-order valence-corrected chi connectivity index (χ0v) is 16.1. The van der Waals surface area contributed by atoms with Crippen molar-refractivity contribution in [1.82, 2.24) is 20.4 Å². The van der Waals surface area contributed by atoms with Crippen LogP contribution in [0.15, 0.2) is 16.7 Å². The molecular formula is C17H23ClN4O4. The lowest BCUT2D eigenvalue weighted by molar-refractivity contribution is -0.129. The van der Waals surface area contributed by atoms with E-state index in [0.29, 0.717) is 53.2 Å². The molecule has 0 aliphatic heterocycles. The Labute approximate surface area is 157 Å². The molecule has 0 atom stereocenters. The van der Waals surface area contributed by atoms with Gasteiger partial charge in [-0.25, -0.2) is 0 Å². The number of rotatable bonds is 9. The summed E-state index contributed by atoms with van der Waals surface area (Å²) in [5, 5.41) is 7.34. The van der Waals surface area contributed by atoms with Gasteiger partial charge in [0.2, 0.25) is 17.6 Å². The molecule has 1 amide bonds. The van der Waals surface area contributed by atoms with Crippen LogP contribution in [0.4, 0.5) is 0 Å². The fourth-order valence-corrected chi connectivity index (χ4v) is 2.62. The van der Waals surface area contributed by atoms with E-state index in [1.54, 1.807) is 24.1 Å². The molecule has 9 heteroatoms. The third-order valence-electron chi connectivity index (χ3n) is 3.84. The van der Waals surface area contributed by atoms with Crippen LogP contribution in [0.1, 0.15) is 12.3 Å². The maximum atomic E-state index is 12.1. The first kappa shape index (κ1) is 20.0. The Morgan fingerprint density at radius 1 is 1.35 bits per heavy atom. The number of halogens is 1. The number of benzene rings is 1. The molecule has 0 fully saturated rings. The van der Waals surface area contributed by atoms with Crippen molar-refractivity contribution in [3.63, 3.8) is 0 Å². The van der Waals surface area contributed by atoms with Gasteiger partial charge in [0, 0.05) is 38.5 Å². The minimum absolute atomic E-state index is 0.0224. The van der Waals surface area contributed by atoms with Crippen LogP contribution < -0.4 is 14.8 Å². The number of methoxy groups -OCH3 is 2. The second-order valence-corrected chi connectivity index (χ2v) is 6.03. The van der Waals surface area contributed by atoms with Gasteiger partial charge in [0.05, 0.1) is 19.2 Å². The highest BCUT2D eigenvalue weighted by Gasteiger charge is 2.17. The van der Waals surface area contributed by atoms with Gasteiger partial charge in [0.25, 0.3) is 0 Å². The summed E-state index contributed by atoms with van der Waals surface area (Å²) in [6.07, 6.45) is 0.672. The molecule has 1 N–H and O–H groups in total. The summed E-state index contributed by atoms with van der Waals surface area (Å²) in [5.74, 6) is 1.70. The van der Waals surface area contributed by atoms with Gasteiger partial charge in [-0.3, -0.25) is 4.79 Å². The molecule has 0 spiro atoms. The summed E-state index contributed by atoms with van der Waals surface area (Å²) in [5.41, 5.74) is 0.639. The number of nitrogens with zero attached hydrogens (tertiary/aromatic N) is 3. The third kappa shape index (κ3) is 4.86. The Kier molecular flexibility index (Phi) is 7.23. The number of amides is 1. The molecule has 2 aromatic rings. The van der Waals surface area contributed by atoms with Gasteiger partial charge in [-0.15, -0.1) is 0 Å². The topological polar surface area (TPSA) is 89.7 Å². The Morgan fingerprint density at radius 2 is 2.12 bits per heavy atom. The molecule has 1 aromatic heterocycles. The van der Waals surface area contributed by atoms with Gasteiger partial charge in [0.1, 0.15) is 0 Å². The minimum Gasteiger partial charge on any atom is -0.493 e. The van der Waals surface area contributed by atoms with Crippen LogP contribution in [0, 0.1) is 0 Å². The molecule has 8 nitrogen and oxygen atoms in total. The lowest BCUT2D eigenvalue weighted by Gasteiger charge is -2.16. The molecule has 1 aromatic carbocycles. The second-order valence-electron chi connectivity index (χ2n) is 5.62. The van der Waals surface area contributed by atoms with E-state index in [1.807, 2.05) is 7.05 Å². The maximum absolute atomic E-state index is 12.1. The predicted molar refractivity (Wildman–Crippen MR) is 97.7 cm³/mol. The average Bonchev–Trinajstić information content (AvgIpc) is 3.12. The van der Waals surface area contributed by atoms with Crippen LogP contribution in [0.2, 0.25) is 5.02 Å². The molecular weight excluding hydrogens is 360 g/mol. The fraction of sp³-hybridized carbons (Fsp3) is 0.471. The van der Waals surface area contributed by atoms with Crippen LogP contribution in [0.3, 0.4) is 0 Å². The molecule has 0 bridgehead atoms. The number of hydrogen-bond donors (Lipinski definition) is 1. The van der Waals surface area contributed by atoms with E-state index >= 15 is 0 Å². The van der Waals surface area contributed by atoms with Crippen LogP contribution in [-0.4, -0.2) is 62.4 Å². The Balaban J connectivity index is 2.06. The summed E-state index contributed by atoms with van der Waals surface area (Å²) in [4.78, 5) is 18.1. The van der Waals surface area contributed by atoms with E-state index in [4.69, 9.17) is 25.6 Å². The minimum atomic E-state index is 0.0224. The van der Waals surface area contributed by atoms with Crippen molar-refractivity contribution < 1.29 is 18.8 Å². The third-order valence-corrected chi connectivity index (χ3v) is 4.12. The van der Waals surface area contributed by atoms with Gasteiger partial charge >= 0.3 is 0 Å². The second kappa shape index (κ2) is 9.40. The van der Waals surface area contributed by atoms with Crippen molar-refractivity contribution >= 4 is 17.5 Å². The van der Waals surface area contributed by atoms with Gasteiger partial charge < -0.3 is 24.2 Å². The highest BCUT2D eigenvalue weighted by molar-refractivity contribution is 6.32. The Bertz CT molecular complexity index is 750. The first-order valence-electron chi connectivity index (χ1n) is 8.13. The van der Waals surface area contributed by atoms with Crippen molar-refractivity contribution in [2.24, 2.45) is 0 Å². The lowest BCUT2D eigenvalue weighted by atomic mass is 10.2. The number of aromatic nitrogens is 2. The molecule has 0 radical (unpaired) electrons. The largest absolute Gasteiger partial charge is 0.493 e. The van der Waals surface area contributed by atoms with E-state index in [2.05, 4.69) is 15.5 Å². The van der Waals surface area contributed by atoms with Gasteiger partial charge in [0.15, 0.2) is 11.5 Å². The normalized spacial score (nSPS) is 10.7. The van der Waals surface area contributed by atoms with Crippen LogP contribution in [-0.2, 0) is 11.2 Å². The fourth-order valence-electron chi connectivity index (χ4n) is 2.33. The van der Waals surface area contributed by atoms with Crippen LogP contribution in [0.5, 0.6) is 11.5 Å². The van der Waals surface area contributed by atoms with Gasteiger partial charge in [-0.05, 0) is 19.2 Å². The zero-order chi connectivity index (χ0) is 19.1. The van der Waals surface area contributed by atoms with E-state index < -0.39 is 0 Å². The SMILES string of the molecule is CNCCN(C)C(=O)CCc1nc(-c2cc(Cl)c(OC)c(OC)c2)no1. The average molecular weight is 383 g/mol. The zero-order valence-electron chi connectivity index (χ0n) is 15.3. The Morgan fingerprint density at radius 3 is 2.77 bits per heavy atom. The molecule has 142 valence electrons. The quantitative estimate of drug-likeness (QED) is 0.709. The monoisotopic (exact) mass is 382 g/mol. The van der Waals surface area contributed by atoms with Crippen molar-refractivity contribution in [1.29, 1.82) is 0 Å². The number of carbonyl (C=O) groups excluding carboxylic acids is 1. The molecule has 2 rings (SSSR count). The molecule has 0 aliphatic carbocycles. The summed E-state index contributed by atoms with van der Waals surface area (Å²) in [6, 6.07) is 3.39. The van der Waals surface area contributed by atoms with Gasteiger partial charge in [-0.1, -0.05) is 16.8 Å². The summed E-state index contributed by atoms with van der Waals surface area (Å²) in [6.45, 7) is 1.39. The lowest BCUT2D eigenvalue weighted by Crippen LogP contribution is -2.32. The van der Waals surface area contributed by atoms with Crippen molar-refractivity contribution in [3.8, 4) is 22.9 Å². The van der Waals surface area contributed by atoms with Crippen LogP contribution in [0.25, 0.3) is 11.4 Å². The van der Waals surface area contributed by atoms with Gasteiger partial charge in [-0.2, -0.15) is 4.98 Å². The number of carbonyl (C=O) groups is 1. The number of aryl methyl sites for hydroxylation is 1. The molecule has 26 heavy (non-hydrogen) atoms. The summed E-state index contributed by atoms with van der Waals surface area (Å²) < 4.78 is 15.7. The smallest absolute Gasteiger partial charge is 0.227 e. The maximum Gasteiger partial charge on any atom is 0.227 e. The van der Waals surface area contributed by atoms with Crippen molar-refractivity contribution in [3.05, 3.63) is 23.0 Å². The number of likely N-dealkylation sites (N-methyl/N-ethyl adjacent to an activating group) is 2. The molecule has 1 heterocycles. The highest BCUT2D eigenvalue weighted by atomic mass is 35.5. The number of nitrogens with one attached hydrogen (secondary N) is 1. The first-order valence-corrected chi connectivity index (χ1v) is 8.51. The number of hydrogen-bond acceptors (Lipinski definition) is 7. The van der Waals surface area contributed by atoms with Crippen molar-refractivity contribution in [2.75, 3.05) is 41.4 Å². The molecule has 0 saturated carbocycles. The Hall–Kier alpha value is -2.32. The predicted octanol–water partition coefficient (Wildman–Crippen LogP) is 2.02. The highest BCUT2D eigenvalue weighted by Crippen LogP contribution is 2.38. The van der Waals surface area contributed by atoms with E-state index in [9.17, 15) is 4.79 Å². The molecule has 0 aliphatic rings. The molecule has 0 unspecified atom stereocenters. The summed E-state index contributed by atoms with van der Waals surface area (Å²) >= 11 is 6.20. The number of ether oxygens (including phenoxy) is 2. The van der Waals surface area contributed by atoms with E-state index in [1.165, 1.54) is 14.2 Å². The van der Waals surface area contributed by atoms with E-state index in [0.717, 1.165) is 6.54 Å². The van der Waals surface area contributed by atoms with E-state index in [-0.39, 0.29) is 5.91 Å². The summed E-state index contributed by atoms with van der Waals surface area (Å²) in [7, 11) is 6.65.